The lowest BCUT2D eigenvalue weighted by molar-refractivity contribution is 0.290. The average Bonchev–Trinajstić information content (AvgIpc) is 2.30. The Labute approximate surface area is 126 Å². The molecule has 0 saturated heterocycles. The molecule has 1 nitrogen and oxygen atoms in total. The van der Waals surface area contributed by atoms with Crippen molar-refractivity contribution in [2.45, 2.75) is 6.61 Å². The first kappa shape index (κ1) is 13.8. The highest BCUT2D eigenvalue weighted by Gasteiger charge is 2.06. The molecule has 0 atom stereocenters. The van der Waals surface area contributed by atoms with E-state index in [1.54, 1.807) is 18.2 Å². The minimum Gasteiger partial charge on any atom is -0.486 e. The normalized spacial score (nSPS) is 10.4. The van der Waals surface area contributed by atoms with E-state index in [0.717, 1.165) is 10.0 Å². The molecule has 0 aliphatic carbocycles. The van der Waals surface area contributed by atoms with Gasteiger partial charge in [0.2, 0.25) is 0 Å². The van der Waals surface area contributed by atoms with Gasteiger partial charge in [-0.05, 0) is 30.3 Å². The van der Waals surface area contributed by atoms with Crippen LogP contribution in [0.5, 0.6) is 5.75 Å². The first-order chi connectivity index (χ1) is 8.56. The molecule has 0 aromatic heterocycles. The third-order valence-corrected chi connectivity index (χ3v) is 3.63. The lowest BCUT2D eigenvalue weighted by Gasteiger charge is -2.09. The topological polar surface area (TPSA) is 9.23 Å². The number of halogens is 4. The Hall–Kier alpha value is -0.580. The maximum Gasteiger partial charge on any atom is 0.166 e. The molecule has 18 heavy (non-hydrogen) atoms. The van der Waals surface area contributed by atoms with Crippen molar-refractivity contribution in [1.82, 2.24) is 0 Å². The van der Waals surface area contributed by atoms with Crippen LogP contribution in [-0.4, -0.2) is 0 Å². The van der Waals surface area contributed by atoms with Crippen molar-refractivity contribution in [3.63, 3.8) is 0 Å². The molecule has 0 radical (unpaired) electrons. The Bertz CT molecular complexity index is 523. The van der Waals surface area contributed by atoms with Crippen LogP contribution in [0.1, 0.15) is 5.56 Å². The fourth-order valence-corrected chi connectivity index (χ4v) is 2.45. The van der Waals surface area contributed by atoms with E-state index in [-0.39, 0.29) is 12.4 Å². The summed E-state index contributed by atoms with van der Waals surface area (Å²) in [5.74, 6) is -0.199. The van der Waals surface area contributed by atoms with E-state index in [1.807, 2.05) is 12.1 Å². The summed E-state index contributed by atoms with van der Waals surface area (Å²) >= 11 is 12.6. The predicted molar refractivity (Wildman–Crippen MR) is 77.6 cm³/mol. The molecule has 0 N–H and O–H groups in total. The highest BCUT2D eigenvalue weighted by Crippen LogP contribution is 2.25. The SMILES string of the molecule is Fc1cc(Br)ccc1OCc1ccc(Br)cc1Cl. The number of benzene rings is 2. The van der Waals surface area contributed by atoms with Crippen molar-refractivity contribution >= 4 is 43.5 Å². The zero-order chi connectivity index (χ0) is 13.1. The van der Waals surface area contributed by atoms with E-state index in [2.05, 4.69) is 31.9 Å². The predicted octanol–water partition coefficient (Wildman–Crippen LogP) is 5.58. The third kappa shape index (κ3) is 3.46. The molecule has 0 saturated carbocycles. The molecular weight excluding hydrogens is 386 g/mol. The summed E-state index contributed by atoms with van der Waals surface area (Å²) in [7, 11) is 0. The van der Waals surface area contributed by atoms with Gasteiger partial charge in [-0.3, -0.25) is 0 Å². The zero-order valence-electron chi connectivity index (χ0n) is 9.09. The third-order valence-electron chi connectivity index (χ3n) is 2.29. The number of rotatable bonds is 3. The van der Waals surface area contributed by atoms with Crippen molar-refractivity contribution < 1.29 is 9.13 Å². The standard InChI is InChI=1S/C13H8Br2ClFO/c14-9-2-1-8(11(16)5-9)7-18-13-4-3-10(15)6-12(13)17/h1-6H,7H2. The van der Waals surface area contributed by atoms with Gasteiger partial charge in [-0.15, -0.1) is 0 Å². The van der Waals surface area contributed by atoms with Gasteiger partial charge in [-0.1, -0.05) is 49.5 Å². The van der Waals surface area contributed by atoms with Gasteiger partial charge in [0.05, 0.1) is 0 Å². The molecule has 0 unspecified atom stereocenters. The lowest BCUT2D eigenvalue weighted by Crippen LogP contribution is -1.98. The first-order valence-electron chi connectivity index (χ1n) is 5.08. The largest absolute Gasteiger partial charge is 0.486 e. The Morgan fingerprint density at radius 2 is 1.72 bits per heavy atom. The van der Waals surface area contributed by atoms with Crippen LogP contribution in [0.4, 0.5) is 4.39 Å². The fourth-order valence-electron chi connectivity index (χ4n) is 1.39. The van der Waals surface area contributed by atoms with Gasteiger partial charge < -0.3 is 4.74 Å². The molecule has 94 valence electrons. The van der Waals surface area contributed by atoms with Crippen LogP contribution in [0.2, 0.25) is 5.02 Å². The molecule has 0 spiro atoms. The number of hydrogen-bond donors (Lipinski definition) is 0. The smallest absolute Gasteiger partial charge is 0.166 e. The molecule has 0 aliphatic heterocycles. The van der Waals surface area contributed by atoms with Crippen LogP contribution in [0.15, 0.2) is 45.3 Å². The van der Waals surface area contributed by atoms with Crippen LogP contribution in [-0.2, 0) is 6.61 Å². The Morgan fingerprint density at radius 3 is 2.39 bits per heavy atom. The molecule has 2 aromatic rings. The van der Waals surface area contributed by atoms with Crippen LogP contribution in [0, 0.1) is 5.82 Å². The minimum atomic E-state index is -0.405. The fraction of sp³-hybridized carbons (Fsp3) is 0.0769. The second kappa shape index (κ2) is 6.04. The van der Waals surface area contributed by atoms with Crippen molar-refractivity contribution in [2.75, 3.05) is 0 Å². The molecule has 0 fully saturated rings. The van der Waals surface area contributed by atoms with Gasteiger partial charge in [0, 0.05) is 19.5 Å². The quantitative estimate of drug-likeness (QED) is 0.660. The summed E-state index contributed by atoms with van der Waals surface area (Å²) in [4.78, 5) is 0. The van der Waals surface area contributed by atoms with E-state index in [4.69, 9.17) is 16.3 Å². The summed E-state index contributed by atoms with van der Waals surface area (Å²) in [6, 6.07) is 10.1. The van der Waals surface area contributed by atoms with Crippen LogP contribution < -0.4 is 4.74 Å². The highest BCUT2D eigenvalue weighted by atomic mass is 79.9. The van der Waals surface area contributed by atoms with Gasteiger partial charge >= 0.3 is 0 Å². The molecule has 2 aromatic carbocycles. The Kier molecular flexibility index (Phi) is 4.65. The first-order valence-corrected chi connectivity index (χ1v) is 7.04. The molecule has 0 aliphatic rings. The van der Waals surface area contributed by atoms with Crippen molar-refractivity contribution in [3.8, 4) is 5.75 Å². The summed E-state index contributed by atoms with van der Waals surface area (Å²) in [5, 5.41) is 0.585. The van der Waals surface area contributed by atoms with Crippen molar-refractivity contribution in [2.24, 2.45) is 0 Å². The van der Waals surface area contributed by atoms with Crippen molar-refractivity contribution in [1.29, 1.82) is 0 Å². The lowest BCUT2D eigenvalue weighted by atomic mass is 10.2. The molecule has 5 heteroatoms. The van der Waals surface area contributed by atoms with E-state index < -0.39 is 5.82 Å². The monoisotopic (exact) mass is 392 g/mol. The molecule has 2 rings (SSSR count). The van der Waals surface area contributed by atoms with Gasteiger partial charge in [-0.25, -0.2) is 4.39 Å². The van der Waals surface area contributed by atoms with E-state index in [9.17, 15) is 4.39 Å². The maximum atomic E-state index is 13.5. The summed E-state index contributed by atoms with van der Waals surface area (Å²) in [6.45, 7) is 0.227. The number of hydrogen-bond acceptors (Lipinski definition) is 1. The summed E-state index contributed by atoms with van der Waals surface area (Å²) in [6.07, 6.45) is 0. The maximum absolute atomic E-state index is 13.5. The average molecular weight is 394 g/mol. The van der Waals surface area contributed by atoms with Gasteiger partial charge in [0.1, 0.15) is 6.61 Å². The van der Waals surface area contributed by atoms with E-state index in [0.29, 0.717) is 9.50 Å². The van der Waals surface area contributed by atoms with Crippen LogP contribution in [0.25, 0.3) is 0 Å². The minimum absolute atomic E-state index is 0.206. The van der Waals surface area contributed by atoms with Gasteiger partial charge in [0.15, 0.2) is 11.6 Å². The Balaban J connectivity index is 2.11. The molecule has 0 amide bonds. The molecule has 0 bridgehead atoms. The van der Waals surface area contributed by atoms with Crippen LogP contribution >= 0.6 is 43.5 Å². The molecular formula is C13H8Br2ClFO. The second-order valence-electron chi connectivity index (χ2n) is 3.60. The Morgan fingerprint density at radius 1 is 1.06 bits per heavy atom. The van der Waals surface area contributed by atoms with Crippen molar-refractivity contribution in [3.05, 3.63) is 61.7 Å². The van der Waals surface area contributed by atoms with Crippen LogP contribution in [0.3, 0.4) is 0 Å². The molecule has 0 heterocycles. The number of ether oxygens (including phenoxy) is 1. The second-order valence-corrected chi connectivity index (χ2v) is 5.84. The highest BCUT2D eigenvalue weighted by molar-refractivity contribution is 9.10. The summed E-state index contributed by atoms with van der Waals surface area (Å²) < 4.78 is 20.5. The van der Waals surface area contributed by atoms with Gasteiger partial charge in [0.25, 0.3) is 0 Å². The van der Waals surface area contributed by atoms with E-state index >= 15 is 0 Å². The zero-order valence-corrected chi connectivity index (χ0v) is 13.0. The summed E-state index contributed by atoms with van der Waals surface area (Å²) in [5.41, 5.74) is 0.808. The van der Waals surface area contributed by atoms with E-state index in [1.165, 1.54) is 6.07 Å². The van der Waals surface area contributed by atoms with Gasteiger partial charge in [-0.2, -0.15) is 0 Å².